The van der Waals surface area contributed by atoms with Gasteiger partial charge in [-0.1, -0.05) is 23.9 Å². The molecule has 1 aromatic heterocycles. The van der Waals surface area contributed by atoms with Gasteiger partial charge in [-0.2, -0.15) is 5.10 Å². The van der Waals surface area contributed by atoms with Crippen molar-refractivity contribution in [2.75, 3.05) is 12.9 Å². The van der Waals surface area contributed by atoms with Crippen LogP contribution >= 0.6 is 11.8 Å². The monoisotopic (exact) mass is 516 g/mol. The van der Waals surface area contributed by atoms with Crippen LogP contribution in [0.25, 0.3) is 16.6 Å². The fourth-order valence-electron chi connectivity index (χ4n) is 3.47. The number of esters is 1. The van der Waals surface area contributed by atoms with Crippen LogP contribution in [-0.2, 0) is 9.59 Å². The van der Waals surface area contributed by atoms with Gasteiger partial charge in [0.2, 0.25) is 0 Å². The molecule has 0 aliphatic rings. The van der Waals surface area contributed by atoms with Crippen molar-refractivity contribution in [3.05, 3.63) is 88.7 Å². The molecule has 0 aliphatic carbocycles. The molecule has 0 unspecified atom stereocenters. The molecular weight excluding hydrogens is 492 g/mol. The van der Waals surface area contributed by atoms with Crippen LogP contribution in [0.2, 0.25) is 0 Å². The zero-order valence-corrected chi connectivity index (χ0v) is 21.2. The Morgan fingerprint density at radius 2 is 1.65 bits per heavy atom. The Bertz CT molecular complexity index is 1530. The lowest BCUT2D eigenvalue weighted by Gasteiger charge is -2.13. The SMILES string of the molecule is COc1ccc(-n2c(SCC(=O)NN=C(C)c3ccc(OC(C)=O)cc3)nc3ccccc3c2=O)cc1. The van der Waals surface area contributed by atoms with Crippen molar-refractivity contribution in [2.45, 2.75) is 19.0 Å². The highest BCUT2D eigenvalue weighted by molar-refractivity contribution is 7.99. The van der Waals surface area contributed by atoms with Crippen molar-refractivity contribution < 1.29 is 19.1 Å². The zero-order chi connectivity index (χ0) is 26.4. The number of methoxy groups -OCH3 is 1. The Morgan fingerprint density at radius 1 is 0.973 bits per heavy atom. The minimum atomic E-state index is -0.402. The van der Waals surface area contributed by atoms with E-state index < -0.39 is 5.97 Å². The van der Waals surface area contributed by atoms with Crippen LogP contribution in [0.5, 0.6) is 11.5 Å². The van der Waals surface area contributed by atoms with E-state index in [1.165, 1.54) is 11.5 Å². The fourth-order valence-corrected chi connectivity index (χ4v) is 4.28. The van der Waals surface area contributed by atoms with Gasteiger partial charge < -0.3 is 9.47 Å². The lowest BCUT2D eigenvalue weighted by molar-refractivity contribution is -0.131. The molecule has 0 radical (unpaired) electrons. The fraction of sp³-hybridized carbons (Fsp3) is 0.148. The molecule has 1 N–H and O–H groups in total. The number of ether oxygens (including phenoxy) is 2. The minimum Gasteiger partial charge on any atom is -0.497 e. The molecule has 0 saturated heterocycles. The van der Waals surface area contributed by atoms with E-state index in [4.69, 9.17) is 9.47 Å². The largest absolute Gasteiger partial charge is 0.497 e. The second-order valence-corrected chi connectivity index (χ2v) is 8.83. The van der Waals surface area contributed by atoms with Gasteiger partial charge in [0.1, 0.15) is 11.5 Å². The summed E-state index contributed by atoms with van der Waals surface area (Å²) in [6, 6.07) is 20.9. The molecule has 4 rings (SSSR count). The lowest BCUT2D eigenvalue weighted by Crippen LogP contribution is -2.24. The van der Waals surface area contributed by atoms with E-state index in [9.17, 15) is 14.4 Å². The molecule has 10 heteroatoms. The average Bonchev–Trinajstić information content (AvgIpc) is 2.91. The Hall–Kier alpha value is -4.44. The number of aromatic nitrogens is 2. The van der Waals surface area contributed by atoms with Gasteiger partial charge >= 0.3 is 5.97 Å². The van der Waals surface area contributed by atoms with Crippen molar-refractivity contribution in [1.29, 1.82) is 0 Å². The van der Waals surface area contributed by atoms with Crippen LogP contribution in [0.1, 0.15) is 19.4 Å². The molecule has 1 amide bonds. The molecular formula is C27H24N4O5S. The van der Waals surface area contributed by atoms with Crippen LogP contribution in [0.3, 0.4) is 0 Å². The molecule has 3 aromatic carbocycles. The number of nitrogens with zero attached hydrogens (tertiary/aromatic N) is 3. The summed E-state index contributed by atoms with van der Waals surface area (Å²) in [5, 5.41) is 5.02. The number of hydrazone groups is 1. The van der Waals surface area contributed by atoms with Crippen molar-refractivity contribution in [2.24, 2.45) is 5.10 Å². The Labute approximate surface area is 217 Å². The molecule has 0 saturated carbocycles. The van der Waals surface area contributed by atoms with Gasteiger partial charge in [-0.15, -0.1) is 0 Å². The van der Waals surface area contributed by atoms with Crippen LogP contribution in [-0.4, -0.2) is 40.0 Å². The Kier molecular flexibility index (Phi) is 7.99. The number of nitrogens with one attached hydrogen (secondary N) is 1. The topological polar surface area (TPSA) is 112 Å². The summed E-state index contributed by atoms with van der Waals surface area (Å²) in [7, 11) is 1.57. The average molecular weight is 517 g/mol. The van der Waals surface area contributed by atoms with Gasteiger partial charge in [0.25, 0.3) is 11.5 Å². The normalized spacial score (nSPS) is 11.3. The molecule has 0 aliphatic heterocycles. The quantitative estimate of drug-likeness (QED) is 0.0942. The Balaban J connectivity index is 1.52. The van der Waals surface area contributed by atoms with Crippen molar-refractivity contribution in [3.63, 3.8) is 0 Å². The third-order valence-electron chi connectivity index (χ3n) is 5.29. The molecule has 0 spiro atoms. The zero-order valence-electron chi connectivity index (χ0n) is 20.4. The van der Waals surface area contributed by atoms with Crippen LogP contribution in [0.15, 0.2) is 87.8 Å². The molecule has 188 valence electrons. The smallest absolute Gasteiger partial charge is 0.308 e. The van der Waals surface area contributed by atoms with Crippen LogP contribution in [0, 0.1) is 0 Å². The van der Waals surface area contributed by atoms with Gasteiger partial charge in [0.05, 0.1) is 35.2 Å². The van der Waals surface area contributed by atoms with Gasteiger partial charge in [-0.05, 0) is 73.2 Å². The number of amides is 1. The van der Waals surface area contributed by atoms with E-state index in [-0.39, 0.29) is 17.2 Å². The highest BCUT2D eigenvalue weighted by Crippen LogP contribution is 2.23. The predicted molar refractivity (Wildman–Crippen MR) is 143 cm³/mol. The summed E-state index contributed by atoms with van der Waals surface area (Å²) >= 11 is 1.13. The minimum absolute atomic E-state index is 0.0108. The second kappa shape index (κ2) is 11.5. The van der Waals surface area contributed by atoms with Crippen molar-refractivity contribution >= 4 is 40.3 Å². The first-order chi connectivity index (χ1) is 17.9. The summed E-state index contributed by atoms with van der Waals surface area (Å²) in [5.41, 5.74) is 4.79. The predicted octanol–water partition coefficient (Wildman–Crippen LogP) is 3.95. The summed E-state index contributed by atoms with van der Waals surface area (Å²) in [6.07, 6.45) is 0. The van der Waals surface area contributed by atoms with Gasteiger partial charge in [-0.3, -0.25) is 19.0 Å². The number of carbonyl (C=O) groups is 2. The maximum absolute atomic E-state index is 13.3. The van der Waals surface area contributed by atoms with Gasteiger partial charge in [0.15, 0.2) is 5.16 Å². The molecule has 9 nitrogen and oxygen atoms in total. The molecule has 37 heavy (non-hydrogen) atoms. The van der Waals surface area contributed by atoms with Crippen LogP contribution in [0.4, 0.5) is 0 Å². The number of carbonyl (C=O) groups excluding carboxylic acids is 2. The summed E-state index contributed by atoms with van der Waals surface area (Å²) in [4.78, 5) is 41.6. The highest BCUT2D eigenvalue weighted by atomic mass is 32.2. The number of fused-ring (bicyclic) bond motifs is 1. The lowest BCUT2D eigenvalue weighted by atomic mass is 10.1. The summed E-state index contributed by atoms with van der Waals surface area (Å²) in [5.74, 6) is 0.317. The van der Waals surface area contributed by atoms with E-state index in [2.05, 4.69) is 15.5 Å². The number of hydrogen-bond donors (Lipinski definition) is 1. The number of para-hydroxylation sites is 1. The Morgan fingerprint density at radius 3 is 2.32 bits per heavy atom. The first kappa shape index (κ1) is 25.6. The molecule has 1 heterocycles. The van der Waals surface area contributed by atoms with Gasteiger partial charge in [0, 0.05) is 6.92 Å². The number of rotatable bonds is 8. The molecule has 0 fully saturated rings. The van der Waals surface area contributed by atoms with Crippen molar-refractivity contribution in [3.8, 4) is 17.2 Å². The molecule has 0 bridgehead atoms. The van der Waals surface area contributed by atoms with E-state index >= 15 is 0 Å². The maximum atomic E-state index is 13.3. The second-order valence-electron chi connectivity index (χ2n) is 7.89. The number of benzene rings is 3. The number of hydrogen-bond acceptors (Lipinski definition) is 8. The third-order valence-corrected chi connectivity index (χ3v) is 6.23. The summed E-state index contributed by atoms with van der Waals surface area (Å²) < 4.78 is 11.7. The highest BCUT2D eigenvalue weighted by Gasteiger charge is 2.15. The first-order valence-electron chi connectivity index (χ1n) is 11.3. The van der Waals surface area contributed by atoms with E-state index in [0.29, 0.717) is 39.0 Å². The van der Waals surface area contributed by atoms with E-state index in [0.717, 1.165) is 17.3 Å². The van der Waals surface area contributed by atoms with Crippen molar-refractivity contribution in [1.82, 2.24) is 15.0 Å². The van der Waals surface area contributed by atoms with E-state index in [1.54, 1.807) is 80.8 Å². The van der Waals surface area contributed by atoms with Crippen LogP contribution < -0.4 is 20.5 Å². The number of thioether (sulfide) groups is 1. The first-order valence-corrected chi connectivity index (χ1v) is 12.3. The van der Waals surface area contributed by atoms with Gasteiger partial charge in [-0.25, -0.2) is 10.4 Å². The third kappa shape index (κ3) is 6.22. The molecule has 4 aromatic rings. The molecule has 0 atom stereocenters. The standard InChI is InChI=1S/C27H24N4O5S/c1-17(19-8-12-22(13-9-19)36-18(2)32)29-30-25(33)16-37-27-28-24-7-5-4-6-23(24)26(34)31(27)20-10-14-21(35-3)15-11-20/h4-15H,16H2,1-3H3,(H,30,33). The van der Waals surface area contributed by atoms with E-state index in [1.807, 2.05) is 6.07 Å². The summed E-state index contributed by atoms with van der Waals surface area (Å²) in [6.45, 7) is 3.08. The maximum Gasteiger partial charge on any atom is 0.308 e.